The van der Waals surface area contributed by atoms with Crippen LogP contribution in [0.4, 0.5) is 0 Å². The number of allylic oxidation sites excluding steroid dienone is 2. The van der Waals surface area contributed by atoms with Gasteiger partial charge in [0.05, 0.1) is 0 Å². The monoisotopic (exact) mass is 182 g/mol. The SMILES string of the molecule is CCCCC=CCCCCCCC. The third kappa shape index (κ3) is 11.7. The molecule has 0 rings (SSSR count). The van der Waals surface area contributed by atoms with E-state index in [2.05, 4.69) is 26.0 Å². The van der Waals surface area contributed by atoms with Gasteiger partial charge in [0.1, 0.15) is 0 Å². The molecule has 0 aliphatic rings. The molecule has 0 fully saturated rings. The Morgan fingerprint density at radius 1 is 0.615 bits per heavy atom. The summed E-state index contributed by atoms with van der Waals surface area (Å²) in [5, 5.41) is 0. The van der Waals surface area contributed by atoms with Crippen LogP contribution in [0, 0.1) is 0 Å². The lowest BCUT2D eigenvalue weighted by molar-refractivity contribution is 0.637. The highest BCUT2D eigenvalue weighted by atomic mass is 13.9. The average Bonchev–Trinajstić information content (AvgIpc) is 2.16. The maximum Gasteiger partial charge on any atom is -0.0351 e. The van der Waals surface area contributed by atoms with E-state index in [9.17, 15) is 0 Å². The third-order valence-electron chi connectivity index (χ3n) is 2.37. The molecule has 0 spiro atoms. The Balaban J connectivity index is 2.93. The Hall–Kier alpha value is -0.260. The number of hydrogen-bond donors (Lipinski definition) is 0. The van der Waals surface area contributed by atoms with E-state index in [-0.39, 0.29) is 0 Å². The van der Waals surface area contributed by atoms with Crippen molar-refractivity contribution in [2.24, 2.45) is 0 Å². The average molecular weight is 182 g/mol. The van der Waals surface area contributed by atoms with E-state index >= 15 is 0 Å². The van der Waals surface area contributed by atoms with Crippen molar-refractivity contribution in [3.8, 4) is 0 Å². The molecule has 0 aromatic rings. The van der Waals surface area contributed by atoms with Crippen LogP contribution in [0.5, 0.6) is 0 Å². The van der Waals surface area contributed by atoms with Crippen LogP contribution in [0.3, 0.4) is 0 Å². The Bertz CT molecular complexity index is 103. The molecule has 0 amide bonds. The van der Waals surface area contributed by atoms with E-state index < -0.39 is 0 Å². The molecular formula is C13H26. The van der Waals surface area contributed by atoms with E-state index in [0.717, 1.165) is 0 Å². The molecule has 0 atom stereocenters. The Kier molecular flexibility index (Phi) is 11.5. The van der Waals surface area contributed by atoms with Crippen molar-refractivity contribution in [1.82, 2.24) is 0 Å². The van der Waals surface area contributed by atoms with Gasteiger partial charge in [0.25, 0.3) is 0 Å². The fraction of sp³-hybridized carbons (Fsp3) is 0.846. The van der Waals surface area contributed by atoms with E-state index in [1.165, 1.54) is 57.8 Å². The molecule has 78 valence electrons. The zero-order chi connectivity index (χ0) is 9.78. The summed E-state index contributed by atoms with van der Waals surface area (Å²) in [7, 11) is 0. The van der Waals surface area contributed by atoms with Gasteiger partial charge in [0, 0.05) is 0 Å². The van der Waals surface area contributed by atoms with E-state index in [0.29, 0.717) is 0 Å². The highest BCUT2D eigenvalue weighted by molar-refractivity contribution is 4.80. The van der Waals surface area contributed by atoms with Crippen molar-refractivity contribution >= 4 is 0 Å². The van der Waals surface area contributed by atoms with Gasteiger partial charge in [0.15, 0.2) is 0 Å². The highest BCUT2D eigenvalue weighted by Crippen LogP contribution is 2.06. The largest absolute Gasteiger partial charge is 0.0885 e. The van der Waals surface area contributed by atoms with Crippen LogP contribution >= 0.6 is 0 Å². The molecule has 0 unspecified atom stereocenters. The van der Waals surface area contributed by atoms with Crippen molar-refractivity contribution in [1.29, 1.82) is 0 Å². The Morgan fingerprint density at radius 3 is 1.77 bits per heavy atom. The zero-order valence-corrected chi connectivity index (χ0v) is 9.52. The van der Waals surface area contributed by atoms with Gasteiger partial charge in [-0.2, -0.15) is 0 Å². The van der Waals surface area contributed by atoms with Crippen LogP contribution in [-0.4, -0.2) is 0 Å². The van der Waals surface area contributed by atoms with Gasteiger partial charge in [0.2, 0.25) is 0 Å². The summed E-state index contributed by atoms with van der Waals surface area (Å²) in [5.41, 5.74) is 0. The molecule has 0 aliphatic heterocycles. The lowest BCUT2D eigenvalue weighted by atomic mass is 10.1. The lowest BCUT2D eigenvalue weighted by Crippen LogP contribution is -1.76. The summed E-state index contributed by atoms with van der Waals surface area (Å²) in [6.45, 7) is 4.52. The molecule has 0 saturated carbocycles. The van der Waals surface area contributed by atoms with Crippen molar-refractivity contribution in [2.75, 3.05) is 0 Å². The molecule has 0 saturated heterocycles. The summed E-state index contributed by atoms with van der Waals surface area (Å²) in [4.78, 5) is 0. The van der Waals surface area contributed by atoms with Gasteiger partial charge in [-0.05, 0) is 19.3 Å². The molecular weight excluding hydrogens is 156 g/mol. The van der Waals surface area contributed by atoms with Crippen LogP contribution in [0.2, 0.25) is 0 Å². The van der Waals surface area contributed by atoms with Gasteiger partial charge in [-0.1, -0.05) is 64.5 Å². The molecule has 0 nitrogen and oxygen atoms in total. The summed E-state index contributed by atoms with van der Waals surface area (Å²) in [6, 6.07) is 0. The molecule has 0 aromatic carbocycles. The second kappa shape index (κ2) is 11.7. The van der Waals surface area contributed by atoms with Gasteiger partial charge in [-0.15, -0.1) is 0 Å². The smallest absolute Gasteiger partial charge is 0.0351 e. The van der Waals surface area contributed by atoms with Crippen LogP contribution < -0.4 is 0 Å². The predicted octanol–water partition coefficient (Wildman–Crippen LogP) is 5.09. The zero-order valence-electron chi connectivity index (χ0n) is 9.52. The van der Waals surface area contributed by atoms with E-state index in [4.69, 9.17) is 0 Å². The summed E-state index contributed by atoms with van der Waals surface area (Å²) in [5.74, 6) is 0. The maximum absolute atomic E-state index is 2.36. The van der Waals surface area contributed by atoms with Crippen molar-refractivity contribution in [3.05, 3.63) is 12.2 Å². The van der Waals surface area contributed by atoms with Gasteiger partial charge in [-0.25, -0.2) is 0 Å². The van der Waals surface area contributed by atoms with Crippen molar-refractivity contribution in [3.63, 3.8) is 0 Å². The van der Waals surface area contributed by atoms with E-state index in [1.54, 1.807) is 0 Å². The molecule has 13 heavy (non-hydrogen) atoms. The first kappa shape index (κ1) is 12.7. The first-order valence-corrected chi connectivity index (χ1v) is 6.06. The first-order chi connectivity index (χ1) is 6.41. The molecule has 0 N–H and O–H groups in total. The maximum atomic E-state index is 2.36. The fourth-order valence-corrected chi connectivity index (χ4v) is 1.42. The third-order valence-corrected chi connectivity index (χ3v) is 2.37. The van der Waals surface area contributed by atoms with Crippen molar-refractivity contribution < 1.29 is 0 Å². The molecule has 0 radical (unpaired) electrons. The second-order valence-corrected chi connectivity index (χ2v) is 3.82. The summed E-state index contributed by atoms with van der Waals surface area (Å²) >= 11 is 0. The second-order valence-electron chi connectivity index (χ2n) is 3.82. The normalized spacial score (nSPS) is 11.2. The van der Waals surface area contributed by atoms with Crippen molar-refractivity contribution in [2.45, 2.75) is 71.6 Å². The number of unbranched alkanes of at least 4 members (excludes halogenated alkanes) is 7. The summed E-state index contributed by atoms with van der Waals surface area (Å²) < 4.78 is 0. The van der Waals surface area contributed by atoms with Gasteiger partial charge < -0.3 is 0 Å². The Morgan fingerprint density at radius 2 is 1.15 bits per heavy atom. The first-order valence-electron chi connectivity index (χ1n) is 6.06. The van der Waals surface area contributed by atoms with Crippen LogP contribution in [-0.2, 0) is 0 Å². The standard InChI is InChI=1S/C13H26/c1-3-5-7-9-11-13-12-10-8-6-4-2/h9,11H,3-8,10,12-13H2,1-2H3. The highest BCUT2D eigenvalue weighted by Gasteiger charge is 1.86. The minimum absolute atomic E-state index is 1.28. The van der Waals surface area contributed by atoms with Crippen LogP contribution in [0.1, 0.15) is 71.6 Å². The number of hydrogen-bond acceptors (Lipinski definition) is 0. The van der Waals surface area contributed by atoms with Gasteiger partial charge >= 0.3 is 0 Å². The molecule has 0 bridgehead atoms. The molecule has 0 heteroatoms. The minimum atomic E-state index is 1.28. The van der Waals surface area contributed by atoms with Crippen LogP contribution in [0.15, 0.2) is 12.2 Å². The van der Waals surface area contributed by atoms with Gasteiger partial charge in [-0.3, -0.25) is 0 Å². The summed E-state index contributed by atoms with van der Waals surface area (Å²) in [6.07, 6.45) is 17.0. The predicted molar refractivity (Wildman–Crippen MR) is 62.0 cm³/mol. The fourth-order valence-electron chi connectivity index (χ4n) is 1.42. The molecule has 0 aliphatic carbocycles. The van der Waals surface area contributed by atoms with E-state index in [1.807, 2.05) is 0 Å². The number of rotatable bonds is 9. The molecule has 0 heterocycles. The minimum Gasteiger partial charge on any atom is -0.0885 e. The quantitative estimate of drug-likeness (QED) is 0.344. The lowest BCUT2D eigenvalue weighted by Gasteiger charge is -1.96. The Labute approximate surface area is 84.4 Å². The topological polar surface area (TPSA) is 0 Å². The van der Waals surface area contributed by atoms with Crippen LogP contribution in [0.25, 0.3) is 0 Å². The molecule has 0 aromatic heterocycles.